The highest BCUT2D eigenvalue weighted by Crippen LogP contribution is 2.34. The average Bonchev–Trinajstić information content (AvgIpc) is 3.27. The van der Waals surface area contributed by atoms with Crippen molar-refractivity contribution in [2.24, 2.45) is 0 Å². The molecule has 2 aromatic rings. The molecule has 1 saturated heterocycles. The van der Waals surface area contributed by atoms with Crippen LogP contribution in [0.2, 0.25) is 5.02 Å². The van der Waals surface area contributed by atoms with E-state index in [9.17, 15) is 18.8 Å². The third-order valence-corrected chi connectivity index (χ3v) is 6.65. The lowest BCUT2D eigenvalue weighted by molar-refractivity contribution is -0.128. The van der Waals surface area contributed by atoms with E-state index >= 15 is 0 Å². The molecule has 2 aliphatic rings. The van der Waals surface area contributed by atoms with Crippen molar-refractivity contribution in [2.45, 2.75) is 45.6 Å². The Kier molecular flexibility index (Phi) is 8.41. The number of rotatable bonds is 9. The fraction of sp³-hybridized carbons (Fsp3) is 0.440. The van der Waals surface area contributed by atoms with E-state index in [-0.39, 0.29) is 30.1 Å². The van der Waals surface area contributed by atoms with Crippen molar-refractivity contribution >= 4 is 23.3 Å². The van der Waals surface area contributed by atoms with Crippen LogP contribution in [0.25, 0.3) is 0 Å². The van der Waals surface area contributed by atoms with E-state index in [1.807, 2.05) is 6.92 Å². The Balaban J connectivity index is 1.59. The topological polar surface area (TPSA) is 94.8 Å². The largest absolute Gasteiger partial charge is 0.464 e. The SMILES string of the molecule is C=CC(=O)N1CCN(c2nc(OCC)nc3c2CN(Cc2cc(OC(F)F)ccc2Cl)C3)C[C@@H]1CC#N. The van der Waals surface area contributed by atoms with Crippen LogP contribution in [0.1, 0.15) is 30.2 Å². The van der Waals surface area contributed by atoms with Crippen LogP contribution in [0.3, 0.4) is 0 Å². The first-order chi connectivity index (χ1) is 17.8. The summed E-state index contributed by atoms with van der Waals surface area (Å²) in [5.74, 6) is 0.537. The number of benzene rings is 1. The molecule has 0 radical (unpaired) electrons. The van der Waals surface area contributed by atoms with Crippen LogP contribution in [0.4, 0.5) is 14.6 Å². The molecule has 12 heteroatoms. The first-order valence-corrected chi connectivity index (χ1v) is 12.2. The van der Waals surface area contributed by atoms with Crippen LogP contribution >= 0.6 is 11.6 Å². The van der Waals surface area contributed by atoms with Gasteiger partial charge in [-0.3, -0.25) is 9.69 Å². The average molecular weight is 533 g/mol. The number of nitriles is 1. The molecule has 0 spiro atoms. The quantitative estimate of drug-likeness (QED) is 0.451. The molecule has 37 heavy (non-hydrogen) atoms. The monoisotopic (exact) mass is 532 g/mol. The molecule has 1 amide bonds. The van der Waals surface area contributed by atoms with Gasteiger partial charge in [-0.15, -0.1) is 0 Å². The zero-order chi connectivity index (χ0) is 26.5. The minimum Gasteiger partial charge on any atom is -0.464 e. The number of amides is 1. The summed E-state index contributed by atoms with van der Waals surface area (Å²) >= 11 is 6.35. The van der Waals surface area contributed by atoms with E-state index in [1.165, 1.54) is 24.3 Å². The zero-order valence-corrected chi connectivity index (χ0v) is 21.1. The second kappa shape index (κ2) is 11.7. The van der Waals surface area contributed by atoms with E-state index < -0.39 is 6.61 Å². The molecule has 9 nitrogen and oxygen atoms in total. The number of hydrogen-bond donors (Lipinski definition) is 0. The van der Waals surface area contributed by atoms with E-state index in [4.69, 9.17) is 16.3 Å². The number of aromatic nitrogens is 2. The first-order valence-electron chi connectivity index (χ1n) is 11.9. The maximum Gasteiger partial charge on any atom is 0.387 e. The number of nitrogens with zero attached hydrogens (tertiary/aromatic N) is 6. The maximum absolute atomic E-state index is 12.7. The molecule has 1 fully saturated rings. The summed E-state index contributed by atoms with van der Waals surface area (Å²) in [5, 5.41) is 9.78. The van der Waals surface area contributed by atoms with Crippen molar-refractivity contribution in [2.75, 3.05) is 31.1 Å². The fourth-order valence-electron chi connectivity index (χ4n) is 4.67. The van der Waals surface area contributed by atoms with Crippen LogP contribution in [-0.2, 0) is 24.4 Å². The number of halogens is 3. The summed E-state index contributed by atoms with van der Waals surface area (Å²) in [6, 6.07) is 6.57. The molecule has 0 saturated carbocycles. The van der Waals surface area contributed by atoms with E-state index in [0.29, 0.717) is 62.3 Å². The number of carbonyl (C=O) groups is 1. The first kappa shape index (κ1) is 26.6. The predicted molar refractivity (Wildman–Crippen MR) is 132 cm³/mol. The van der Waals surface area contributed by atoms with Crippen LogP contribution < -0.4 is 14.4 Å². The third kappa shape index (κ3) is 6.09. The molecular formula is C25H27ClF2N6O3. The molecule has 1 aromatic carbocycles. The molecule has 0 N–H and O–H groups in total. The number of ether oxygens (including phenoxy) is 2. The Morgan fingerprint density at radius 1 is 1.35 bits per heavy atom. The van der Waals surface area contributed by atoms with Gasteiger partial charge in [0.1, 0.15) is 11.6 Å². The van der Waals surface area contributed by atoms with Gasteiger partial charge in [0.15, 0.2) is 0 Å². The number of fused-ring (bicyclic) bond motifs is 1. The Labute approximate surface area is 218 Å². The van der Waals surface area contributed by atoms with Gasteiger partial charge in [-0.05, 0) is 36.8 Å². The van der Waals surface area contributed by atoms with E-state index in [2.05, 4.69) is 37.2 Å². The Hall–Kier alpha value is -3.49. The van der Waals surface area contributed by atoms with Crippen molar-refractivity contribution in [3.63, 3.8) is 0 Å². The van der Waals surface area contributed by atoms with Crippen molar-refractivity contribution in [1.29, 1.82) is 5.26 Å². The molecule has 0 aliphatic carbocycles. The molecule has 0 unspecified atom stereocenters. The fourth-order valence-corrected chi connectivity index (χ4v) is 4.85. The third-order valence-electron chi connectivity index (χ3n) is 6.28. The van der Waals surface area contributed by atoms with Crippen molar-refractivity contribution in [3.8, 4) is 17.8 Å². The number of piperazine rings is 1. The second-order valence-corrected chi connectivity index (χ2v) is 9.07. The second-order valence-electron chi connectivity index (χ2n) is 8.66. The summed E-state index contributed by atoms with van der Waals surface area (Å²) in [7, 11) is 0. The molecule has 2 aliphatic heterocycles. The Morgan fingerprint density at radius 3 is 2.86 bits per heavy atom. The van der Waals surface area contributed by atoms with Crippen LogP contribution in [0.5, 0.6) is 11.8 Å². The number of alkyl halides is 2. The van der Waals surface area contributed by atoms with Gasteiger partial charge >= 0.3 is 12.6 Å². The van der Waals surface area contributed by atoms with Gasteiger partial charge in [-0.2, -0.15) is 24.0 Å². The van der Waals surface area contributed by atoms with Crippen molar-refractivity contribution < 1.29 is 23.0 Å². The molecule has 3 heterocycles. The lowest BCUT2D eigenvalue weighted by atomic mass is 10.1. The van der Waals surface area contributed by atoms with Crippen LogP contribution in [0, 0.1) is 11.3 Å². The summed E-state index contributed by atoms with van der Waals surface area (Å²) in [6.07, 6.45) is 1.45. The number of carbonyl (C=O) groups excluding carboxylic acids is 1. The number of anilines is 1. The maximum atomic E-state index is 12.7. The highest BCUT2D eigenvalue weighted by Gasteiger charge is 2.34. The summed E-state index contributed by atoms with van der Waals surface area (Å²) in [6.45, 7) is 5.65. The zero-order valence-electron chi connectivity index (χ0n) is 20.4. The lowest BCUT2D eigenvalue weighted by Gasteiger charge is -2.41. The lowest BCUT2D eigenvalue weighted by Crippen LogP contribution is -2.55. The van der Waals surface area contributed by atoms with E-state index in [0.717, 1.165) is 11.3 Å². The highest BCUT2D eigenvalue weighted by molar-refractivity contribution is 6.31. The number of hydrogen-bond acceptors (Lipinski definition) is 8. The molecule has 1 aromatic heterocycles. The normalized spacial score (nSPS) is 17.5. The van der Waals surface area contributed by atoms with Gasteiger partial charge in [-0.25, -0.2) is 0 Å². The van der Waals surface area contributed by atoms with Gasteiger partial charge < -0.3 is 19.3 Å². The minimum absolute atomic E-state index is 0.0423. The molecule has 196 valence electrons. The Morgan fingerprint density at radius 2 is 2.16 bits per heavy atom. The van der Waals surface area contributed by atoms with Gasteiger partial charge in [0.2, 0.25) is 5.91 Å². The van der Waals surface area contributed by atoms with Gasteiger partial charge in [0, 0.05) is 49.9 Å². The van der Waals surface area contributed by atoms with Gasteiger partial charge in [0.05, 0.1) is 30.8 Å². The summed E-state index contributed by atoms with van der Waals surface area (Å²) < 4.78 is 35.5. The summed E-state index contributed by atoms with van der Waals surface area (Å²) in [5.41, 5.74) is 2.36. The minimum atomic E-state index is -2.92. The predicted octanol–water partition coefficient (Wildman–Crippen LogP) is 3.76. The standard InChI is InChI=1S/C25H27ClF2N6O3/c1-3-22(35)34-10-9-33(13-17(34)7-8-29)23-19-14-32(15-21(19)30-25(31-23)36-4-2)12-16-11-18(37-24(27)28)5-6-20(16)26/h3,5-6,11,17,24H,1,4,7,9-10,12-15H2,2H3/t17-/m0/s1. The Bertz CT molecular complexity index is 1210. The van der Waals surface area contributed by atoms with Crippen LogP contribution in [0.15, 0.2) is 30.9 Å². The molecule has 0 bridgehead atoms. The molecule has 4 rings (SSSR count). The van der Waals surface area contributed by atoms with Crippen molar-refractivity contribution in [1.82, 2.24) is 19.8 Å². The van der Waals surface area contributed by atoms with Gasteiger partial charge in [-0.1, -0.05) is 18.2 Å². The highest BCUT2D eigenvalue weighted by atomic mass is 35.5. The smallest absolute Gasteiger partial charge is 0.387 e. The molecule has 1 atom stereocenters. The summed E-state index contributed by atoms with van der Waals surface area (Å²) in [4.78, 5) is 27.4. The molecular weight excluding hydrogens is 506 g/mol. The van der Waals surface area contributed by atoms with Crippen LogP contribution in [-0.4, -0.2) is 64.6 Å². The van der Waals surface area contributed by atoms with Crippen molar-refractivity contribution in [3.05, 3.63) is 52.7 Å². The van der Waals surface area contributed by atoms with E-state index in [1.54, 1.807) is 4.90 Å². The van der Waals surface area contributed by atoms with Gasteiger partial charge in [0.25, 0.3) is 0 Å².